The van der Waals surface area contributed by atoms with Gasteiger partial charge in [0.1, 0.15) is 18.8 Å². The van der Waals surface area contributed by atoms with Gasteiger partial charge in [-0.2, -0.15) is 0 Å². The Morgan fingerprint density at radius 1 is 1.31 bits per heavy atom. The number of aliphatic hydroxyl groups excluding tert-OH is 4. The van der Waals surface area contributed by atoms with E-state index < -0.39 is 60.3 Å². The average molecular weight is 430 g/mol. The van der Waals surface area contributed by atoms with Crippen LogP contribution in [0.4, 0.5) is 0 Å². The summed E-state index contributed by atoms with van der Waals surface area (Å²) in [6, 6.07) is 7.76. The Bertz CT molecular complexity index is 694. The number of aliphatic hydroxyl groups is 4. The maximum absolute atomic E-state index is 12.1. The van der Waals surface area contributed by atoms with Gasteiger partial charge in [-0.3, -0.25) is 4.79 Å². The number of carboxylic acid groups (broad SMARTS) is 1. The fraction of sp³-hybridized carbons (Fsp3) is 0.556. The van der Waals surface area contributed by atoms with Crippen LogP contribution in [0.15, 0.2) is 30.3 Å². The first-order chi connectivity index (χ1) is 13.7. The Kier molecular flexibility index (Phi) is 8.40. The van der Waals surface area contributed by atoms with E-state index in [2.05, 4.69) is 5.32 Å². The zero-order valence-electron chi connectivity index (χ0n) is 15.5. The smallest absolute Gasteiger partial charge is 0.346 e. The van der Waals surface area contributed by atoms with Gasteiger partial charge in [0, 0.05) is 18.7 Å². The topological polar surface area (TPSA) is 183 Å². The van der Waals surface area contributed by atoms with Gasteiger partial charge in [0.25, 0.3) is 0 Å². The molecule has 162 valence electrons. The molecule has 1 aliphatic heterocycles. The number of hydrogen-bond donors (Lipinski definition) is 7. The molecule has 1 aromatic carbocycles. The number of carbonyl (C=O) groups is 2. The molecule has 0 saturated carbocycles. The molecular weight excluding hydrogens is 404 g/mol. The minimum Gasteiger partial charge on any atom is -0.478 e. The quantitative estimate of drug-likeness (QED) is 0.231. The van der Waals surface area contributed by atoms with Gasteiger partial charge in [0.05, 0.1) is 18.2 Å². The predicted octanol–water partition coefficient (Wildman–Crippen LogP) is -1.99. The lowest BCUT2D eigenvalue weighted by atomic mass is 9.89. The van der Waals surface area contributed by atoms with E-state index in [-0.39, 0.29) is 12.3 Å². The van der Waals surface area contributed by atoms with Crippen LogP contribution in [0.25, 0.3) is 0 Å². The molecule has 8 N–H and O–H groups in total. The van der Waals surface area contributed by atoms with Crippen LogP contribution in [0.3, 0.4) is 0 Å². The van der Waals surface area contributed by atoms with Gasteiger partial charge in [0.15, 0.2) is 0 Å². The molecule has 6 atom stereocenters. The van der Waals surface area contributed by atoms with Crippen molar-refractivity contribution >= 4 is 23.6 Å². The Hall–Kier alpha value is -1.73. The molecule has 0 bridgehead atoms. The largest absolute Gasteiger partial charge is 0.478 e. The van der Waals surface area contributed by atoms with E-state index in [1.807, 2.05) is 6.07 Å². The van der Waals surface area contributed by atoms with Gasteiger partial charge >= 0.3 is 5.97 Å². The summed E-state index contributed by atoms with van der Waals surface area (Å²) in [4.78, 5) is 21.8. The van der Waals surface area contributed by atoms with Crippen LogP contribution in [0, 0.1) is 0 Å². The van der Waals surface area contributed by atoms with E-state index in [1.165, 1.54) is 0 Å². The highest BCUT2D eigenvalue weighted by Crippen LogP contribution is 2.41. The van der Waals surface area contributed by atoms with Crippen LogP contribution >= 0.6 is 11.8 Å². The van der Waals surface area contributed by atoms with Gasteiger partial charge in [-0.25, -0.2) is 4.79 Å². The van der Waals surface area contributed by atoms with Crippen molar-refractivity contribution in [3.8, 4) is 0 Å². The number of rotatable bonds is 9. The number of carboxylic acids is 1. The number of hydrogen-bond acceptors (Lipinski definition) is 9. The van der Waals surface area contributed by atoms with Gasteiger partial charge in [0.2, 0.25) is 10.8 Å². The van der Waals surface area contributed by atoms with Gasteiger partial charge < -0.3 is 41.3 Å². The zero-order valence-corrected chi connectivity index (χ0v) is 16.4. The van der Waals surface area contributed by atoms with Crippen molar-refractivity contribution in [1.29, 1.82) is 0 Å². The predicted molar refractivity (Wildman–Crippen MR) is 104 cm³/mol. The highest BCUT2D eigenvalue weighted by Gasteiger charge is 2.55. The third-order valence-electron chi connectivity index (χ3n) is 4.66. The first kappa shape index (κ1) is 23.5. The molecule has 1 aromatic rings. The molecule has 0 radical (unpaired) electrons. The van der Waals surface area contributed by atoms with Crippen LogP contribution in [0.2, 0.25) is 0 Å². The molecule has 1 saturated heterocycles. The lowest BCUT2D eigenvalue weighted by Gasteiger charge is -2.46. The monoisotopic (exact) mass is 430 g/mol. The van der Waals surface area contributed by atoms with Crippen molar-refractivity contribution in [2.45, 2.75) is 47.6 Å². The van der Waals surface area contributed by atoms with E-state index >= 15 is 0 Å². The molecule has 1 heterocycles. The van der Waals surface area contributed by atoms with Gasteiger partial charge in [-0.1, -0.05) is 30.3 Å². The number of carbonyl (C=O) groups excluding carboxylic acids is 1. The van der Waals surface area contributed by atoms with E-state index in [9.17, 15) is 30.0 Å². The highest BCUT2D eigenvalue weighted by molar-refractivity contribution is 8.00. The number of benzene rings is 1. The summed E-state index contributed by atoms with van der Waals surface area (Å²) in [5, 5.41) is 52.1. The third-order valence-corrected chi connectivity index (χ3v) is 6.04. The van der Waals surface area contributed by atoms with Gasteiger partial charge in [-0.15, -0.1) is 11.8 Å². The zero-order chi connectivity index (χ0) is 21.6. The molecule has 29 heavy (non-hydrogen) atoms. The lowest BCUT2D eigenvalue weighted by molar-refractivity contribution is -0.202. The van der Waals surface area contributed by atoms with E-state index in [0.29, 0.717) is 0 Å². The first-order valence-electron chi connectivity index (χ1n) is 8.97. The van der Waals surface area contributed by atoms with Crippen molar-refractivity contribution in [2.24, 2.45) is 5.73 Å². The Balaban J connectivity index is 2.31. The molecule has 1 aliphatic rings. The summed E-state index contributed by atoms with van der Waals surface area (Å²) < 4.78 is 5.71. The standard InChI is InChI=1S/C18H26N2O8S/c19-7-12(23)15(25)16-14(20-13(24)8-21)11(22)6-18(28-16,17(26)27)29-9-10-4-2-1-3-5-10/h1-5,11-12,14-16,21-23,25H,6-9,19H2,(H,20,24)(H,26,27)/t11?,12-,14?,15-,16?,18?/m1/s1. The van der Waals surface area contributed by atoms with Crippen molar-refractivity contribution < 1.29 is 39.9 Å². The molecule has 1 amide bonds. The summed E-state index contributed by atoms with van der Waals surface area (Å²) in [5.41, 5.74) is 6.20. The van der Waals surface area contributed by atoms with Crippen LogP contribution in [-0.4, -0.2) is 86.0 Å². The number of nitrogens with one attached hydrogen (secondary N) is 1. The van der Waals surface area contributed by atoms with E-state index in [1.54, 1.807) is 24.3 Å². The molecule has 11 heteroatoms. The summed E-state index contributed by atoms with van der Waals surface area (Å²) in [7, 11) is 0. The Morgan fingerprint density at radius 2 is 1.97 bits per heavy atom. The molecule has 0 aliphatic carbocycles. The summed E-state index contributed by atoms with van der Waals surface area (Å²) >= 11 is 0.909. The van der Waals surface area contributed by atoms with Gasteiger partial charge in [-0.05, 0) is 5.56 Å². The molecular formula is C18H26N2O8S. The number of ether oxygens (including phenoxy) is 1. The summed E-state index contributed by atoms with van der Waals surface area (Å²) in [6.07, 6.45) is -6.46. The molecule has 0 spiro atoms. The number of nitrogens with two attached hydrogens (primary N) is 1. The molecule has 1 fully saturated rings. The number of aliphatic carboxylic acids is 1. The molecule has 4 unspecified atom stereocenters. The van der Waals surface area contributed by atoms with Crippen LogP contribution in [-0.2, 0) is 20.1 Å². The van der Waals surface area contributed by atoms with Crippen LogP contribution in [0.5, 0.6) is 0 Å². The highest BCUT2D eigenvalue weighted by atomic mass is 32.2. The van der Waals surface area contributed by atoms with Crippen LogP contribution < -0.4 is 11.1 Å². The number of amides is 1. The first-order valence-corrected chi connectivity index (χ1v) is 9.96. The molecule has 2 rings (SSSR count). The van der Waals surface area contributed by atoms with Crippen molar-refractivity contribution in [3.63, 3.8) is 0 Å². The SMILES string of the molecule is NC[C@@H](O)[C@@H](O)C1OC(SCc2ccccc2)(C(=O)O)CC(O)C1NC(=O)CO. The minimum absolute atomic E-state index is 0.246. The number of thioether (sulfide) groups is 1. The maximum atomic E-state index is 12.1. The van der Waals surface area contributed by atoms with E-state index in [0.717, 1.165) is 17.3 Å². The van der Waals surface area contributed by atoms with E-state index in [4.69, 9.17) is 15.6 Å². The Morgan fingerprint density at radius 3 is 2.52 bits per heavy atom. The third kappa shape index (κ3) is 5.66. The summed E-state index contributed by atoms with van der Waals surface area (Å²) in [6.45, 7) is -1.23. The lowest BCUT2D eigenvalue weighted by Crippen LogP contribution is -2.67. The fourth-order valence-corrected chi connectivity index (χ4v) is 4.26. The molecule has 0 aromatic heterocycles. The van der Waals surface area contributed by atoms with Crippen molar-refractivity contribution in [1.82, 2.24) is 5.32 Å². The second-order valence-electron chi connectivity index (χ2n) is 6.73. The maximum Gasteiger partial charge on any atom is 0.346 e. The average Bonchev–Trinajstić information content (AvgIpc) is 2.73. The van der Waals surface area contributed by atoms with Crippen molar-refractivity contribution in [2.75, 3.05) is 13.2 Å². The molecule has 10 nitrogen and oxygen atoms in total. The summed E-state index contributed by atoms with van der Waals surface area (Å²) in [5.74, 6) is -1.98. The second-order valence-corrected chi connectivity index (χ2v) is 7.97. The Labute approximate surface area is 171 Å². The van der Waals surface area contributed by atoms with Crippen LogP contribution in [0.1, 0.15) is 12.0 Å². The normalized spacial score (nSPS) is 29.1. The van der Waals surface area contributed by atoms with Crippen molar-refractivity contribution in [3.05, 3.63) is 35.9 Å². The minimum atomic E-state index is -1.93. The fourth-order valence-electron chi connectivity index (χ4n) is 3.08. The second kappa shape index (κ2) is 10.3.